The molecule has 152 valence electrons. The Hall–Kier alpha value is -3.93. The topological polar surface area (TPSA) is 90.2 Å². The molecule has 2 amide bonds. The first-order valence-electron chi connectivity index (χ1n) is 10.2. The number of benzene rings is 3. The van der Waals surface area contributed by atoms with Gasteiger partial charge in [-0.3, -0.25) is 9.59 Å². The predicted octanol–water partition coefficient (Wildman–Crippen LogP) is 3.32. The molecule has 2 atom stereocenters. The first-order valence-corrected chi connectivity index (χ1v) is 10.2. The molecule has 31 heavy (non-hydrogen) atoms. The number of amides is 2. The van der Waals surface area contributed by atoms with Crippen molar-refractivity contribution in [3.05, 3.63) is 94.5 Å². The Morgan fingerprint density at radius 3 is 1.65 bits per heavy atom. The number of phenols is 2. The van der Waals surface area contributed by atoms with Crippen LogP contribution in [0.1, 0.15) is 39.7 Å². The van der Waals surface area contributed by atoms with Gasteiger partial charge in [0, 0.05) is 11.8 Å². The van der Waals surface area contributed by atoms with Gasteiger partial charge in [0.15, 0.2) is 11.5 Å². The lowest BCUT2D eigenvalue weighted by Gasteiger charge is -2.45. The molecule has 6 heteroatoms. The third-order valence-corrected chi connectivity index (χ3v) is 6.75. The molecule has 2 unspecified atom stereocenters. The lowest BCUT2D eigenvalue weighted by atomic mass is 9.55. The highest BCUT2D eigenvalue weighted by Gasteiger charge is 2.61. The van der Waals surface area contributed by atoms with Crippen LogP contribution in [-0.4, -0.2) is 33.3 Å². The summed E-state index contributed by atoms with van der Waals surface area (Å²) in [5.41, 5.74) is 4.93. The molecule has 1 fully saturated rings. The van der Waals surface area contributed by atoms with E-state index in [1.54, 1.807) is 6.07 Å². The van der Waals surface area contributed by atoms with Gasteiger partial charge in [-0.25, -0.2) is 0 Å². The third-order valence-electron chi connectivity index (χ3n) is 6.75. The maximum Gasteiger partial charge on any atom is 0.254 e. The van der Waals surface area contributed by atoms with E-state index in [1.807, 2.05) is 24.3 Å². The number of hydrogen-bond acceptors (Lipinski definition) is 5. The van der Waals surface area contributed by atoms with Crippen molar-refractivity contribution in [3.63, 3.8) is 0 Å². The first-order chi connectivity index (χ1) is 15.1. The second-order valence-electron chi connectivity index (χ2n) is 8.25. The molecule has 3 aromatic rings. The standard InChI is InChI=1S/C25H18N2O4/c28-18-10-9-13(11-19(18)29)12-26-27-24(30)22-20-14-5-1-2-6-15(14)21(23(22)25(27)31)17-8-4-3-7-16(17)20/h1-12,20-23,28-29H/b26-12+. The van der Waals surface area contributed by atoms with Gasteiger partial charge in [0.1, 0.15) is 0 Å². The quantitative estimate of drug-likeness (QED) is 0.385. The first kappa shape index (κ1) is 17.9. The molecule has 7 rings (SSSR count). The van der Waals surface area contributed by atoms with Gasteiger partial charge in [-0.2, -0.15) is 10.1 Å². The molecule has 3 aromatic carbocycles. The van der Waals surface area contributed by atoms with Gasteiger partial charge in [0.25, 0.3) is 11.8 Å². The van der Waals surface area contributed by atoms with Crippen LogP contribution < -0.4 is 0 Å². The van der Waals surface area contributed by atoms with Gasteiger partial charge >= 0.3 is 0 Å². The summed E-state index contributed by atoms with van der Waals surface area (Å²) >= 11 is 0. The largest absolute Gasteiger partial charge is 0.504 e. The van der Waals surface area contributed by atoms with Crippen molar-refractivity contribution in [2.24, 2.45) is 16.9 Å². The lowest BCUT2D eigenvalue weighted by molar-refractivity contribution is -0.139. The Morgan fingerprint density at radius 2 is 1.19 bits per heavy atom. The molecule has 6 nitrogen and oxygen atoms in total. The Labute approximate surface area is 178 Å². The fourth-order valence-electron chi connectivity index (χ4n) is 5.52. The maximum absolute atomic E-state index is 13.4. The van der Waals surface area contributed by atoms with Crippen molar-refractivity contribution in [3.8, 4) is 11.5 Å². The van der Waals surface area contributed by atoms with Crippen LogP contribution in [0.25, 0.3) is 0 Å². The van der Waals surface area contributed by atoms with Crippen molar-refractivity contribution in [1.82, 2.24) is 5.01 Å². The van der Waals surface area contributed by atoms with Gasteiger partial charge in [-0.15, -0.1) is 0 Å². The second-order valence-corrected chi connectivity index (χ2v) is 8.25. The number of hydrogen-bond donors (Lipinski definition) is 2. The van der Waals surface area contributed by atoms with Crippen molar-refractivity contribution >= 4 is 18.0 Å². The normalized spacial score (nSPS) is 25.6. The fraction of sp³-hybridized carbons (Fsp3) is 0.160. The molecule has 0 saturated carbocycles. The van der Waals surface area contributed by atoms with Gasteiger partial charge in [0.05, 0.1) is 18.1 Å². The van der Waals surface area contributed by atoms with E-state index in [4.69, 9.17) is 0 Å². The zero-order valence-electron chi connectivity index (χ0n) is 16.3. The molecule has 1 aliphatic heterocycles. The molecule has 0 spiro atoms. The summed E-state index contributed by atoms with van der Waals surface area (Å²) in [6.07, 6.45) is 1.36. The number of imide groups is 1. The minimum atomic E-state index is -0.479. The number of rotatable bonds is 2. The average molecular weight is 410 g/mol. The summed E-state index contributed by atoms with van der Waals surface area (Å²) in [4.78, 5) is 26.8. The van der Waals surface area contributed by atoms with Crippen molar-refractivity contribution in [1.29, 1.82) is 0 Å². The van der Waals surface area contributed by atoms with Gasteiger partial charge in [-0.1, -0.05) is 48.5 Å². The Balaban J connectivity index is 1.44. The molecule has 3 aliphatic carbocycles. The Kier molecular flexibility index (Phi) is 3.63. The van der Waals surface area contributed by atoms with E-state index in [0.29, 0.717) is 5.56 Å². The van der Waals surface area contributed by atoms with Crippen molar-refractivity contribution in [2.75, 3.05) is 0 Å². The molecule has 2 N–H and O–H groups in total. The van der Waals surface area contributed by atoms with E-state index in [1.165, 1.54) is 18.3 Å². The molecule has 0 aromatic heterocycles. The summed E-state index contributed by atoms with van der Waals surface area (Å²) in [5, 5.41) is 24.3. The molecule has 2 bridgehead atoms. The van der Waals surface area contributed by atoms with E-state index < -0.39 is 11.8 Å². The zero-order chi connectivity index (χ0) is 21.3. The highest BCUT2D eigenvalue weighted by Crippen LogP contribution is 2.60. The third kappa shape index (κ3) is 2.36. The summed E-state index contributed by atoms with van der Waals surface area (Å²) in [6.45, 7) is 0. The molecular weight excluding hydrogens is 392 g/mol. The summed E-state index contributed by atoms with van der Waals surface area (Å²) in [6, 6.07) is 20.3. The lowest BCUT2D eigenvalue weighted by Crippen LogP contribution is -2.41. The molecule has 1 saturated heterocycles. The van der Waals surface area contributed by atoms with E-state index in [2.05, 4.69) is 29.4 Å². The SMILES string of the molecule is O=C1C2C3c4ccccc4C(c4ccccc43)C2C(=O)N1/N=C/c1ccc(O)c(O)c1. The number of nitrogens with zero attached hydrogens (tertiary/aromatic N) is 2. The molecule has 4 aliphatic rings. The number of aromatic hydroxyl groups is 2. The number of hydrazone groups is 1. The summed E-state index contributed by atoms with van der Waals surface area (Å²) in [5.74, 6) is -2.43. The van der Waals surface area contributed by atoms with E-state index in [0.717, 1.165) is 27.3 Å². The van der Waals surface area contributed by atoms with Crippen LogP contribution >= 0.6 is 0 Å². The van der Waals surface area contributed by atoms with Crippen LogP contribution in [0.4, 0.5) is 0 Å². The van der Waals surface area contributed by atoms with Crippen LogP contribution in [0.3, 0.4) is 0 Å². The predicted molar refractivity (Wildman–Crippen MR) is 113 cm³/mol. The zero-order valence-corrected chi connectivity index (χ0v) is 16.3. The maximum atomic E-state index is 13.4. The van der Waals surface area contributed by atoms with Crippen molar-refractivity contribution in [2.45, 2.75) is 11.8 Å². The average Bonchev–Trinajstić information content (AvgIpc) is 3.05. The smallest absolute Gasteiger partial charge is 0.254 e. The van der Waals surface area contributed by atoms with Crippen LogP contribution in [0.5, 0.6) is 11.5 Å². The molecule has 0 radical (unpaired) electrons. The monoisotopic (exact) mass is 410 g/mol. The van der Waals surface area contributed by atoms with E-state index in [9.17, 15) is 19.8 Å². The van der Waals surface area contributed by atoms with Gasteiger partial charge in [0.2, 0.25) is 0 Å². The highest BCUT2D eigenvalue weighted by molar-refractivity contribution is 6.08. The van der Waals surface area contributed by atoms with Crippen LogP contribution in [0.15, 0.2) is 71.8 Å². The molecule has 1 heterocycles. The summed E-state index contributed by atoms with van der Waals surface area (Å²) in [7, 11) is 0. The Morgan fingerprint density at radius 1 is 0.710 bits per heavy atom. The molecular formula is C25H18N2O4. The van der Waals surface area contributed by atoms with Crippen molar-refractivity contribution < 1.29 is 19.8 Å². The second kappa shape index (κ2) is 6.28. The summed E-state index contributed by atoms with van der Waals surface area (Å²) < 4.78 is 0. The fourth-order valence-corrected chi connectivity index (χ4v) is 5.52. The van der Waals surface area contributed by atoms with E-state index in [-0.39, 0.29) is 35.1 Å². The highest BCUT2D eigenvalue weighted by atomic mass is 16.3. The number of carbonyl (C=O) groups excluding carboxylic acids is 2. The number of phenolic OH excluding ortho intramolecular Hbond substituents is 2. The minimum absolute atomic E-state index is 0.170. The number of carbonyl (C=O) groups is 2. The van der Waals surface area contributed by atoms with Crippen LogP contribution in [-0.2, 0) is 9.59 Å². The van der Waals surface area contributed by atoms with Crippen LogP contribution in [0.2, 0.25) is 0 Å². The van der Waals surface area contributed by atoms with E-state index >= 15 is 0 Å². The Bertz CT molecular complexity index is 1180. The van der Waals surface area contributed by atoms with Crippen LogP contribution in [0, 0.1) is 11.8 Å². The minimum Gasteiger partial charge on any atom is -0.504 e. The van der Waals surface area contributed by atoms with Gasteiger partial charge in [-0.05, 0) is 46.0 Å². The van der Waals surface area contributed by atoms with Gasteiger partial charge < -0.3 is 10.2 Å².